The molecule has 82 valence electrons. The number of aromatic nitrogens is 2. The molecule has 0 bridgehead atoms. The molecule has 0 saturated heterocycles. The second-order valence-electron chi connectivity index (χ2n) is 2.86. The van der Waals surface area contributed by atoms with Gasteiger partial charge in [-0.05, 0) is 24.3 Å². The quantitative estimate of drug-likeness (QED) is 0.810. The normalized spacial score (nSPS) is 10.1. The molecule has 1 amide bonds. The summed E-state index contributed by atoms with van der Waals surface area (Å²) in [5.74, 6) is 0.369. The smallest absolute Gasteiger partial charge is 0.315 e. The van der Waals surface area contributed by atoms with Crippen LogP contribution in [0.4, 0.5) is 10.8 Å². The number of thiol groups is 1. The maximum atomic E-state index is 10.6. The molecule has 0 spiro atoms. The second kappa shape index (κ2) is 4.54. The third-order valence-electron chi connectivity index (χ3n) is 1.74. The van der Waals surface area contributed by atoms with E-state index in [1.54, 1.807) is 24.3 Å². The van der Waals surface area contributed by atoms with E-state index in [1.165, 1.54) is 0 Å². The molecule has 1 aromatic carbocycles. The molecule has 0 fully saturated rings. The van der Waals surface area contributed by atoms with Gasteiger partial charge in [0.15, 0.2) is 0 Å². The summed E-state index contributed by atoms with van der Waals surface area (Å²) in [5, 5.41) is 6.01. The summed E-state index contributed by atoms with van der Waals surface area (Å²) in [6.45, 7) is 0. The number of benzene rings is 1. The average molecular weight is 256 g/mol. The van der Waals surface area contributed by atoms with Gasteiger partial charge in [-0.2, -0.15) is 4.98 Å². The van der Waals surface area contributed by atoms with Crippen molar-refractivity contribution in [2.75, 3.05) is 5.32 Å². The summed E-state index contributed by atoms with van der Waals surface area (Å²) in [6.07, 6.45) is 0. The van der Waals surface area contributed by atoms with Crippen LogP contribution >= 0.6 is 24.2 Å². The Bertz CT molecular complexity index is 512. The lowest BCUT2D eigenvalue weighted by Gasteiger charge is -1.93. The van der Waals surface area contributed by atoms with Gasteiger partial charge in [0.25, 0.3) is 5.24 Å². The van der Waals surface area contributed by atoms with Crippen LogP contribution in [-0.4, -0.2) is 15.4 Å². The van der Waals surface area contributed by atoms with E-state index >= 15 is 0 Å². The zero-order valence-electron chi connectivity index (χ0n) is 7.85. The molecule has 0 aliphatic carbocycles. The fourth-order valence-corrected chi connectivity index (χ4v) is 1.30. The maximum Gasteiger partial charge on any atom is 0.329 e. The van der Waals surface area contributed by atoms with E-state index in [0.29, 0.717) is 10.8 Å². The van der Waals surface area contributed by atoms with Gasteiger partial charge in [-0.15, -0.1) is 0 Å². The maximum absolute atomic E-state index is 10.6. The van der Waals surface area contributed by atoms with Gasteiger partial charge in [-0.25, -0.2) is 0 Å². The first-order chi connectivity index (χ1) is 7.65. The van der Waals surface area contributed by atoms with Crippen molar-refractivity contribution < 1.29 is 9.32 Å². The molecule has 0 aliphatic rings. The number of hydrogen-bond donors (Lipinski definition) is 2. The van der Waals surface area contributed by atoms with Crippen LogP contribution < -0.4 is 5.32 Å². The number of halogens is 1. The number of nitrogens with one attached hydrogen (secondary N) is 1. The number of rotatable bonds is 2. The monoisotopic (exact) mass is 255 g/mol. The molecule has 1 aromatic heterocycles. The van der Waals surface area contributed by atoms with E-state index < -0.39 is 5.24 Å². The topological polar surface area (TPSA) is 68.0 Å². The first-order valence-electron chi connectivity index (χ1n) is 4.25. The van der Waals surface area contributed by atoms with Crippen molar-refractivity contribution in [2.24, 2.45) is 0 Å². The zero-order valence-corrected chi connectivity index (χ0v) is 9.50. The summed E-state index contributed by atoms with van der Waals surface area (Å²) in [6, 6.07) is 6.93. The lowest BCUT2D eigenvalue weighted by atomic mass is 10.2. The number of anilines is 1. The number of nitrogens with zero attached hydrogens (tertiary/aromatic N) is 2. The Morgan fingerprint density at radius 2 is 2.06 bits per heavy atom. The number of carbonyl (C=O) groups is 1. The van der Waals surface area contributed by atoms with Crippen LogP contribution in [0.5, 0.6) is 0 Å². The van der Waals surface area contributed by atoms with Crippen molar-refractivity contribution in [1.82, 2.24) is 10.1 Å². The van der Waals surface area contributed by atoms with Gasteiger partial charge in [0.1, 0.15) is 0 Å². The molecule has 0 saturated carbocycles. The van der Waals surface area contributed by atoms with Gasteiger partial charge in [0.2, 0.25) is 5.82 Å². The van der Waals surface area contributed by atoms with E-state index in [-0.39, 0.29) is 6.01 Å². The molecule has 0 unspecified atom stereocenters. The van der Waals surface area contributed by atoms with Crippen LogP contribution in [0.3, 0.4) is 0 Å². The third-order valence-corrected chi connectivity index (χ3v) is 2.11. The predicted octanol–water partition coefficient (Wildman–Crippen LogP) is 2.85. The molecular formula is C9H6ClN3O2S. The molecule has 0 aliphatic heterocycles. The lowest BCUT2D eigenvalue weighted by Crippen LogP contribution is -2.00. The molecule has 2 aromatic rings. The minimum absolute atomic E-state index is 0.00458. The molecule has 0 atom stereocenters. The second-order valence-corrected chi connectivity index (χ2v) is 3.70. The van der Waals surface area contributed by atoms with Crippen LogP contribution in [0.15, 0.2) is 28.8 Å². The van der Waals surface area contributed by atoms with E-state index in [0.717, 1.165) is 5.56 Å². The largest absolute Gasteiger partial charge is 0.329 e. The minimum atomic E-state index is -0.564. The van der Waals surface area contributed by atoms with Crippen LogP contribution in [0, 0.1) is 0 Å². The highest BCUT2D eigenvalue weighted by Gasteiger charge is 2.09. The molecule has 1 heterocycles. The van der Waals surface area contributed by atoms with Gasteiger partial charge >= 0.3 is 6.01 Å². The molecule has 0 radical (unpaired) electrons. The molecule has 2 rings (SSSR count). The Balaban J connectivity index is 2.24. The van der Waals surface area contributed by atoms with Gasteiger partial charge in [0, 0.05) is 10.6 Å². The van der Waals surface area contributed by atoms with Crippen molar-refractivity contribution >= 4 is 35.5 Å². The lowest BCUT2D eigenvalue weighted by molar-refractivity contribution is 0.269. The van der Waals surface area contributed by atoms with Gasteiger partial charge in [-0.1, -0.05) is 29.4 Å². The summed E-state index contributed by atoms with van der Waals surface area (Å²) < 4.78 is 4.79. The molecule has 7 heteroatoms. The van der Waals surface area contributed by atoms with E-state index in [9.17, 15) is 4.79 Å². The molecule has 16 heavy (non-hydrogen) atoms. The highest BCUT2D eigenvalue weighted by Crippen LogP contribution is 2.19. The van der Waals surface area contributed by atoms with Gasteiger partial charge in [0.05, 0.1) is 0 Å². The first kappa shape index (κ1) is 11.0. The summed E-state index contributed by atoms with van der Waals surface area (Å²) in [7, 11) is 0. The summed E-state index contributed by atoms with van der Waals surface area (Å²) >= 11 is 9.27. The summed E-state index contributed by atoms with van der Waals surface area (Å²) in [5.41, 5.74) is 0.743. The SMILES string of the molecule is O=C(S)Nc1nc(-c2ccc(Cl)cc2)no1. The Morgan fingerprint density at radius 3 is 2.69 bits per heavy atom. The zero-order chi connectivity index (χ0) is 11.5. The van der Waals surface area contributed by atoms with Crippen molar-refractivity contribution in [3.05, 3.63) is 29.3 Å². The standard InChI is InChI=1S/C9H6ClN3O2S/c10-6-3-1-5(2-4-6)7-11-8(15-13-7)12-9(14)16/h1-4H,(H2,11,12,13,14,16). The van der Waals surface area contributed by atoms with Crippen LogP contribution in [0.25, 0.3) is 11.4 Å². The minimum Gasteiger partial charge on any atom is -0.315 e. The average Bonchev–Trinajstić information content (AvgIpc) is 2.66. The number of amides is 1. The Morgan fingerprint density at radius 1 is 1.38 bits per heavy atom. The number of hydrogen-bond acceptors (Lipinski definition) is 4. The molecule has 5 nitrogen and oxygen atoms in total. The van der Waals surface area contributed by atoms with Crippen molar-refractivity contribution in [1.29, 1.82) is 0 Å². The first-order valence-corrected chi connectivity index (χ1v) is 5.07. The van der Waals surface area contributed by atoms with Gasteiger partial charge in [-0.3, -0.25) is 10.1 Å². The fraction of sp³-hybridized carbons (Fsp3) is 0. The molecule has 1 N–H and O–H groups in total. The third kappa shape index (κ3) is 2.53. The number of carbonyl (C=O) groups excluding carboxylic acids is 1. The fourth-order valence-electron chi connectivity index (χ4n) is 1.08. The Labute approximate surface area is 101 Å². The predicted molar refractivity (Wildman–Crippen MR) is 62.7 cm³/mol. The Hall–Kier alpha value is -1.53. The van der Waals surface area contributed by atoms with Crippen molar-refractivity contribution in [3.63, 3.8) is 0 Å². The van der Waals surface area contributed by atoms with Crippen LogP contribution in [-0.2, 0) is 0 Å². The van der Waals surface area contributed by atoms with Crippen LogP contribution in [0.2, 0.25) is 5.02 Å². The van der Waals surface area contributed by atoms with Gasteiger partial charge < -0.3 is 4.52 Å². The van der Waals surface area contributed by atoms with Crippen molar-refractivity contribution in [3.8, 4) is 11.4 Å². The van der Waals surface area contributed by atoms with E-state index in [2.05, 4.69) is 28.1 Å². The van der Waals surface area contributed by atoms with Crippen molar-refractivity contribution in [2.45, 2.75) is 0 Å². The highest BCUT2D eigenvalue weighted by molar-refractivity contribution is 7.96. The highest BCUT2D eigenvalue weighted by atomic mass is 35.5. The van der Waals surface area contributed by atoms with Crippen LogP contribution in [0.1, 0.15) is 0 Å². The van der Waals surface area contributed by atoms with E-state index in [4.69, 9.17) is 16.1 Å². The molecular weight excluding hydrogens is 250 g/mol. The summed E-state index contributed by atoms with van der Waals surface area (Å²) in [4.78, 5) is 14.6. The Kier molecular flexibility index (Phi) is 3.12. The van der Waals surface area contributed by atoms with E-state index in [1.807, 2.05) is 0 Å².